The molecule has 14 heavy (non-hydrogen) atoms. The third-order valence-electron chi connectivity index (χ3n) is 2.69. The van der Waals surface area contributed by atoms with Crippen molar-refractivity contribution in [3.8, 4) is 0 Å². The molecule has 0 aromatic carbocycles. The zero-order valence-corrected chi connectivity index (χ0v) is 9.18. The molecular weight excluding hydrogens is 178 g/mol. The monoisotopic (exact) mass is 199 g/mol. The van der Waals surface area contributed by atoms with E-state index < -0.39 is 0 Å². The molecule has 1 amide bonds. The van der Waals surface area contributed by atoms with Crippen molar-refractivity contribution in [2.45, 2.75) is 25.8 Å². The first-order chi connectivity index (χ1) is 6.77. The average molecular weight is 199 g/mol. The Hall–Kier alpha value is -0.610. The van der Waals surface area contributed by atoms with E-state index in [0.717, 1.165) is 32.6 Å². The summed E-state index contributed by atoms with van der Waals surface area (Å²) in [6.45, 7) is 6.32. The summed E-state index contributed by atoms with van der Waals surface area (Å²) >= 11 is 0. The molecule has 0 aliphatic carbocycles. The molecule has 1 heterocycles. The highest BCUT2D eigenvalue weighted by atomic mass is 16.1. The molecule has 0 radical (unpaired) electrons. The molecule has 4 heteroatoms. The molecule has 1 aliphatic rings. The predicted octanol–water partition coefficient (Wildman–Crippen LogP) is -0.194. The largest absolute Gasteiger partial charge is 0.359 e. The first kappa shape index (κ1) is 11.5. The van der Waals surface area contributed by atoms with Crippen LogP contribution in [0.5, 0.6) is 0 Å². The number of nitrogens with one attached hydrogen (secondary N) is 2. The lowest BCUT2D eigenvalue weighted by Crippen LogP contribution is -2.57. The van der Waals surface area contributed by atoms with E-state index in [1.807, 2.05) is 0 Å². The normalized spacial score (nSPS) is 16.8. The number of rotatable bonds is 6. The molecule has 0 atom stereocenters. The Labute approximate surface area is 86.0 Å². The molecule has 1 fully saturated rings. The number of carbonyl (C=O) groups excluding carboxylic acids is 1. The maximum atomic E-state index is 11.1. The van der Waals surface area contributed by atoms with E-state index in [0.29, 0.717) is 12.5 Å². The second-order valence-corrected chi connectivity index (χ2v) is 3.77. The summed E-state index contributed by atoms with van der Waals surface area (Å²) in [5.41, 5.74) is 0. The fourth-order valence-corrected chi connectivity index (χ4v) is 1.67. The van der Waals surface area contributed by atoms with Crippen LogP contribution in [0.2, 0.25) is 0 Å². The third kappa shape index (κ3) is 3.27. The Morgan fingerprint density at radius 2 is 2.21 bits per heavy atom. The van der Waals surface area contributed by atoms with Crippen LogP contribution in [0.3, 0.4) is 0 Å². The van der Waals surface area contributed by atoms with Gasteiger partial charge in [0.05, 0.1) is 0 Å². The molecule has 4 nitrogen and oxygen atoms in total. The van der Waals surface area contributed by atoms with Crippen LogP contribution >= 0.6 is 0 Å². The Bertz CT molecular complexity index is 180. The standard InChI is InChI=1S/C10H21N3O/c1-3-5-13(9-7-12-8-9)6-4-10(14)11-2/h9,12H,3-8H2,1-2H3,(H,11,14). The van der Waals surface area contributed by atoms with Crippen molar-refractivity contribution in [2.75, 3.05) is 33.2 Å². The highest BCUT2D eigenvalue weighted by Gasteiger charge is 2.23. The van der Waals surface area contributed by atoms with Crippen LogP contribution in [0.1, 0.15) is 19.8 Å². The Kier molecular flexibility index (Phi) is 4.90. The fourth-order valence-electron chi connectivity index (χ4n) is 1.67. The second-order valence-electron chi connectivity index (χ2n) is 3.77. The van der Waals surface area contributed by atoms with Gasteiger partial charge in [0.1, 0.15) is 0 Å². The van der Waals surface area contributed by atoms with Gasteiger partial charge in [-0.3, -0.25) is 9.69 Å². The summed E-state index contributed by atoms with van der Waals surface area (Å²) < 4.78 is 0. The van der Waals surface area contributed by atoms with Crippen LogP contribution in [0.4, 0.5) is 0 Å². The van der Waals surface area contributed by atoms with Gasteiger partial charge in [0, 0.05) is 39.1 Å². The van der Waals surface area contributed by atoms with Gasteiger partial charge in [-0.2, -0.15) is 0 Å². The molecule has 1 rings (SSSR count). The molecule has 0 bridgehead atoms. The van der Waals surface area contributed by atoms with E-state index in [-0.39, 0.29) is 5.91 Å². The van der Waals surface area contributed by atoms with Gasteiger partial charge < -0.3 is 10.6 Å². The first-order valence-electron chi connectivity index (χ1n) is 5.43. The molecule has 2 N–H and O–H groups in total. The summed E-state index contributed by atoms with van der Waals surface area (Å²) in [6, 6.07) is 0.652. The maximum absolute atomic E-state index is 11.1. The fraction of sp³-hybridized carbons (Fsp3) is 0.900. The second kappa shape index (κ2) is 5.98. The molecule has 82 valence electrons. The SMILES string of the molecule is CCCN(CCC(=O)NC)C1CNC1. The van der Waals surface area contributed by atoms with Crippen molar-refractivity contribution in [3.05, 3.63) is 0 Å². The molecule has 0 aromatic heterocycles. The number of hydrogen-bond donors (Lipinski definition) is 2. The van der Waals surface area contributed by atoms with E-state index in [4.69, 9.17) is 0 Å². The van der Waals surface area contributed by atoms with Gasteiger partial charge >= 0.3 is 0 Å². The number of hydrogen-bond acceptors (Lipinski definition) is 3. The minimum absolute atomic E-state index is 0.137. The molecule has 0 unspecified atom stereocenters. The molecule has 1 saturated heterocycles. The Morgan fingerprint density at radius 1 is 1.50 bits per heavy atom. The zero-order chi connectivity index (χ0) is 10.4. The van der Waals surface area contributed by atoms with Crippen molar-refractivity contribution < 1.29 is 4.79 Å². The van der Waals surface area contributed by atoms with E-state index >= 15 is 0 Å². The van der Waals surface area contributed by atoms with E-state index in [1.165, 1.54) is 0 Å². The molecule has 0 aromatic rings. The number of nitrogens with zero attached hydrogens (tertiary/aromatic N) is 1. The number of carbonyl (C=O) groups is 1. The molecule has 0 saturated carbocycles. The Morgan fingerprint density at radius 3 is 2.64 bits per heavy atom. The lowest BCUT2D eigenvalue weighted by atomic mass is 10.1. The van der Waals surface area contributed by atoms with Gasteiger partial charge in [-0.25, -0.2) is 0 Å². The van der Waals surface area contributed by atoms with Gasteiger partial charge in [0.2, 0.25) is 5.91 Å². The van der Waals surface area contributed by atoms with Gasteiger partial charge in [-0.05, 0) is 13.0 Å². The van der Waals surface area contributed by atoms with Crippen molar-refractivity contribution in [1.82, 2.24) is 15.5 Å². The minimum Gasteiger partial charge on any atom is -0.359 e. The highest BCUT2D eigenvalue weighted by molar-refractivity contribution is 5.75. The van der Waals surface area contributed by atoms with Gasteiger partial charge in [-0.1, -0.05) is 6.92 Å². The van der Waals surface area contributed by atoms with Crippen LogP contribution in [0.15, 0.2) is 0 Å². The van der Waals surface area contributed by atoms with Gasteiger partial charge in [0.25, 0.3) is 0 Å². The zero-order valence-electron chi connectivity index (χ0n) is 9.18. The lowest BCUT2D eigenvalue weighted by molar-refractivity contribution is -0.121. The number of amides is 1. The topological polar surface area (TPSA) is 44.4 Å². The maximum Gasteiger partial charge on any atom is 0.221 e. The minimum atomic E-state index is 0.137. The van der Waals surface area contributed by atoms with E-state index in [9.17, 15) is 4.79 Å². The van der Waals surface area contributed by atoms with Crippen LogP contribution in [-0.2, 0) is 4.79 Å². The smallest absolute Gasteiger partial charge is 0.221 e. The highest BCUT2D eigenvalue weighted by Crippen LogP contribution is 2.06. The molecular formula is C10H21N3O. The summed E-state index contributed by atoms with van der Waals surface area (Å²) in [5, 5.41) is 5.92. The third-order valence-corrected chi connectivity index (χ3v) is 2.69. The summed E-state index contributed by atoms with van der Waals surface area (Å²) in [7, 11) is 1.69. The van der Waals surface area contributed by atoms with E-state index in [1.54, 1.807) is 7.05 Å². The van der Waals surface area contributed by atoms with Gasteiger partial charge in [0.15, 0.2) is 0 Å². The first-order valence-corrected chi connectivity index (χ1v) is 5.43. The molecule has 1 aliphatic heterocycles. The quantitative estimate of drug-likeness (QED) is 0.623. The van der Waals surface area contributed by atoms with Crippen molar-refractivity contribution in [2.24, 2.45) is 0 Å². The van der Waals surface area contributed by atoms with Crippen molar-refractivity contribution in [1.29, 1.82) is 0 Å². The van der Waals surface area contributed by atoms with Crippen molar-refractivity contribution >= 4 is 5.91 Å². The van der Waals surface area contributed by atoms with Crippen LogP contribution in [0.25, 0.3) is 0 Å². The summed E-state index contributed by atoms with van der Waals surface area (Å²) in [4.78, 5) is 13.5. The summed E-state index contributed by atoms with van der Waals surface area (Å²) in [5.74, 6) is 0.137. The predicted molar refractivity (Wildman–Crippen MR) is 57.2 cm³/mol. The van der Waals surface area contributed by atoms with E-state index in [2.05, 4.69) is 22.5 Å². The van der Waals surface area contributed by atoms with Crippen LogP contribution in [0, 0.1) is 0 Å². The Balaban J connectivity index is 2.23. The average Bonchev–Trinajstić information content (AvgIpc) is 2.11. The van der Waals surface area contributed by atoms with Gasteiger partial charge in [-0.15, -0.1) is 0 Å². The lowest BCUT2D eigenvalue weighted by Gasteiger charge is -2.38. The summed E-state index contributed by atoms with van der Waals surface area (Å²) in [6.07, 6.45) is 1.78. The van der Waals surface area contributed by atoms with Crippen LogP contribution < -0.4 is 10.6 Å². The van der Waals surface area contributed by atoms with Crippen LogP contribution in [-0.4, -0.2) is 50.1 Å². The molecule has 0 spiro atoms. The van der Waals surface area contributed by atoms with Crippen molar-refractivity contribution in [3.63, 3.8) is 0 Å².